The van der Waals surface area contributed by atoms with Crippen LogP contribution in [-0.4, -0.2) is 6.85 Å². The number of hydrogen-bond donors (Lipinski definition) is 0. The van der Waals surface area contributed by atoms with Crippen LogP contribution in [0.3, 0.4) is 0 Å². The van der Waals surface area contributed by atoms with Crippen molar-refractivity contribution in [3.05, 3.63) is 173 Å². The molecule has 0 atom stereocenters. The van der Waals surface area contributed by atoms with Crippen LogP contribution in [0.25, 0.3) is 33.4 Å². The van der Waals surface area contributed by atoms with Crippen molar-refractivity contribution in [1.29, 1.82) is 0 Å². The Bertz CT molecular complexity index is 2920. The van der Waals surface area contributed by atoms with E-state index in [0.717, 1.165) is 0 Å². The van der Waals surface area contributed by atoms with Crippen molar-refractivity contribution in [3.63, 3.8) is 0 Å². The van der Waals surface area contributed by atoms with E-state index in [1.54, 1.807) is 0 Å². The number of rotatable bonds is 4. The number of benzene rings is 7. The van der Waals surface area contributed by atoms with Gasteiger partial charge in [0.15, 0.2) is 0 Å². The highest BCUT2D eigenvalue weighted by atomic mass is 15.2. The molecule has 0 N–H and O–H groups in total. The summed E-state index contributed by atoms with van der Waals surface area (Å²) in [6.45, 7) is 22.0. The van der Waals surface area contributed by atoms with Crippen molar-refractivity contribution in [3.8, 4) is 33.4 Å². The molecule has 3 heteroatoms. The lowest BCUT2D eigenvalue weighted by atomic mass is 9.42. The van der Waals surface area contributed by atoms with Gasteiger partial charge in [0.2, 0.25) is 0 Å². The molecule has 0 fully saturated rings. The van der Waals surface area contributed by atoms with Crippen LogP contribution in [0, 0.1) is 6.92 Å². The molecular weight excluding hydrogens is 747 g/mol. The number of anilines is 5. The van der Waals surface area contributed by atoms with Crippen molar-refractivity contribution in [2.24, 2.45) is 0 Å². The third-order valence-corrected chi connectivity index (χ3v) is 15.6. The van der Waals surface area contributed by atoms with Crippen molar-refractivity contribution in [2.75, 3.05) is 9.71 Å². The van der Waals surface area contributed by atoms with Gasteiger partial charge in [0.05, 0.1) is 0 Å². The summed E-state index contributed by atoms with van der Waals surface area (Å²) < 4.78 is 0. The molecule has 0 saturated heterocycles. The standard InChI is InChI=1S/C59H59BN2/c1-38-32-46-45-34-42(40-18-14-11-15-19-40)22-27-52(45)62(43-23-20-41(21-24-43)39-16-12-10-13-17-39)60-51-36-49-50(59(8,9)31-30-58(49,6)7)37-53(51)61(54(33-38)55(46)60)44-25-26-47-48(35-44)57(4,5)29-28-56(47,2)3/h10-27,32-37H,28-31H2,1-9H3. The van der Waals surface area contributed by atoms with E-state index in [1.807, 2.05) is 0 Å². The maximum absolute atomic E-state index is 2.68. The number of hydrogen-bond acceptors (Lipinski definition) is 2. The number of nitrogens with zero attached hydrogens (tertiary/aromatic N) is 2. The predicted molar refractivity (Wildman–Crippen MR) is 266 cm³/mol. The van der Waals surface area contributed by atoms with Gasteiger partial charge in [0, 0.05) is 34.0 Å². The summed E-state index contributed by atoms with van der Waals surface area (Å²) in [5, 5.41) is 0. The van der Waals surface area contributed by atoms with Crippen molar-refractivity contribution in [2.45, 2.75) is 110 Å². The van der Waals surface area contributed by atoms with Gasteiger partial charge in [-0.2, -0.15) is 0 Å². The summed E-state index contributed by atoms with van der Waals surface area (Å²) in [4.78, 5) is 5.36. The molecular formula is C59H59BN2. The second-order valence-corrected chi connectivity index (χ2v) is 21.6. The first-order valence-corrected chi connectivity index (χ1v) is 23.0. The fourth-order valence-corrected chi connectivity index (χ4v) is 11.7. The first-order chi connectivity index (χ1) is 29.6. The number of aryl methyl sites for hydroxylation is 1. The summed E-state index contributed by atoms with van der Waals surface area (Å²) in [7, 11) is 0. The Morgan fingerprint density at radius 3 is 1.55 bits per heavy atom. The van der Waals surface area contributed by atoms with Crippen LogP contribution in [0.15, 0.2) is 146 Å². The van der Waals surface area contributed by atoms with Crippen LogP contribution in [0.5, 0.6) is 0 Å². The first kappa shape index (κ1) is 39.1. The highest BCUT2D eigenvalue weighted by Crippen LogP contribution is 2.53. The third-order valence-electron chi connectivity index (χ3n) is 15.6. The topological polar surface area (TPSA) is 6.48 Å². The van der Waals surface area contributed by atoms with E-state index in [9.17, 15) is 0 Å². The van der Waals surface area contributed by atoms with Gasteiger partial charge in [-0.3, -0.25) is 0 Å². The lowest BCUT2D eigenvalue weighted by Gasteiger charge is -2.49. The Balaban J connectivity index is 1.23. The lowest BCUT2D eigenvalue weighted by molar-refractivity contribution is 0.332. The molecule has 308 valence electrons. The Hall–Kier alpha value is -5.80. The Morgan fingerprint density at radius 2 is 0.919 bits per heavy atom. The molecule has 0 radical (unpaired) electrons. The van der Waals surface area contributed by atoms with Crippen molar-refractivity contribution >= 4 is 46.2 Å². The van der Waals surface area contributed by atoms with Gasteiger partial charge in [-0.05, 0) is 169 Å². The van der Waals surface area contributed by atoms with Gasteiger partial charge in [-0.15, -0.1) is 0 Å². The van der Waals surface area contributed by atoms with E-state index in [-0.39, 0.29) is 28.5 Å². The molecule has 0 saturated carbocycles. The van der Waals surface area contributed by atoms with Gasteiger partial charge in [0.1, 0.15) is 0 Å². The molecule has 7 aromatic carbocycles. The van der Waals surface area contributed by atoms with Gasteiger partial charge in [-0.25, -0.2) is 0 Å². The lowest BCUT2D eigenvalue weighted by Crippen LogP contribution is -2.62. The van der Waals surface area contributed by atoms with E-state index >= 15 is 0 Å². The first-order valence-electron chi connectivity index (χ1n) is 23.0. The third kappa shape index (κ3) is 5.98. The zero-order valence-corrected chi connectivity index (χ0v) is 38.2. The summed E-state index contributed by atoms with van der Waals surface area (Å²) in [6.07, 6.45) is 4.74. The summed E-state index contributed by atoms with van der Waals surface area (Å²) in [6, 6.07) is 56.0. The van der Waals surface area contributed by atoms with E-state index in [0.29, 0.717) is 0 Å². The molecule has 0 bridgehead atoms. The largest absolute Gasteiger partial charge is 0.376 e. The average molecular weight is 807 g/mol. The maximum atomic E-state index is 2.68. The fraction of sp³-hybridized carbons (Fsp3) is 0.288. The molecule has 0 unspecified atom stereocenters. The van der Waals surface area contributed by atoms with E-state index in [4.69, 9.17) is 0 Å². The smallest absolute Gasteiger partial charge is 0.333 e. The normalized spacial score (nSPS) is 18.2. The van der Waals surface area contributed by atoms with Gasteiger partial charge in [-0.1, -0.05) is 152 Å². The molecule has 0 amide bonds. The second kappa shape index (κ2) is 13.6. The minimum absolute atomic E-state index is 0.0383. The van der Waals surface area contributed by atoms with E-state index < -0.39 is 0 Å². The van der Waals surface area contributed by atoms with Crippen LogP contribution in [0.1, 0.15) is 109 Å². The average Bonchev–Trinajstić information content (AvgIpc) is 3.27. The van der Waals surface area contributed by atoms with Crippen LogP contribution < -0.4 is 20.6 Å². The fourth-order valence-electron chi connectivity index (χ4n) is 11.7. The Kier molecular flexibility index (Phi) is 8.57. The highest BCUT2D eigenvalue weighted by Gasteiger charge is 2.48. The van der Waals surface area contributed by atoms with Gasteiger partial charge < -0.3 is 9.71 Å². The molecule has 4 aliphatic rings. The molecule has 0 aromatic heterocycles. The molecule has 2 aliphatic heterocycles. The van der Waals surface area contributed by atoms with E-state index in [2.05, 4.69) is 218 Å². The van der Waals surface area contributed by atoms with E-state index in [1.165, 1.54) is 126 Å². The van der Waals surface area contributed by atoms with Gasteiger partial charge >= 0.3 is 6.85 Å². The van der Waals surface area contributed by atoms with Gasteiger partial charge in [0.25, 0.3) is 0 Å². The SMILES string of the molecule is Cc1cc2c3c(c1)N(c1ccc4c(c1)C(C)(C)CCC4(C)C)c1cc4c(cc1B3N(c1ccc(-c3ccccc3)cc1)c1ccc(-c3ccccc3)cc1-2)C(C)(C)CCC4(C)C. The molecule has 62 heavy (non-hydrogen) atoms. The quantitative estimate of drug-likeness (QED) is 0.164. The Morgan fingerprint density at radius 1 is 0.403 bits per heavy atom. The molecule has 2 aliphatic carbocycles. The Labute approximate surface area is 370 Å². The molecule has 2 nitrogen and oxygen atoms in total. The number of fused-ring (bicyclic) bond motifs is 6. The molecule has 7 aromatic rings. The minimum atomic E-state index is -0.0383. The predicted octanol–water partition coefficient (Wildman–Crippen LogP) is 14.7. The van der Waals surface area contributed by atoms with Crippen LogP contribution >= 0.6 is 0 Å². The minimum Gasteiger partial charge on any atom is -0.376 e. The summed E-state index contributed by atoms with van der Waals surface area (Å²) in [5.74, 6) is 0. The highest BCUT2D eigenvalue weighted by molar-refractivity contribution is 6.93. The molecule has 11 rings (SSSR count). The molecule has 0 spiro atoms. The molecule has 2 heterocycles. The van der Waals surface area contributed by atoms with Crippen LogP contribution in [0.4, 0.5) is 28.4 Å². The zero-order valence-electron chi connectivity index (χ0n) is 38.2. The zero-order chi connectivity index (χ0) is 42.9. The van der Waals surface area contributed by atoms with Crippen molar-refractivity contribution in [1.82, 2.24) is 0 Å². The van der Waals surface area contributed by atoms with Crippen LogP contribution in [-0.2, 0) is 21.7 Å². The van der Waals surface area contributed by atoms with Crippen molar-refractivity contribution < 1.29 is 0 Å². The monoisotopic (exact) mass is 806 g/mol. The van der Waals surface area contributed by atoms with Crippen LogP contribution in [0.2, 0.25) is 0 Å². The summed E-state index contributed by atoms with van der Waals surface area (Å²) >= 11 is 0. The maximum Gasteiger partial charge on any atom is 0.333 e. The second-order valence-electron chi connectivity index (χ2n) is 21.6. The summed E-state index contributed by atoms with van der Waals surface area (Å²) in [5.41, 5.74) is 24.3.